The molecule has 1 fully saturated rings. The molecular formula is C24H32N2O5S. The summed E-state index contributed by atoms with van der Waals surface area (Å²) in [6.07, 6.45) is 4.11. The van der Waals surface area contributed by atoms with Crippen molar-refractivity contribution in [1.29, 1.82) is 0 Å². The lowest BCUT2D eigenvalue weighted by atomic mass is 10.1. The molecule has 1 saturated heterocycles. The Labute approximate surface area is 190 Å². The Morgan fingerprint density at radius 3 is 2.41 bits per heavy atom. The van der Waals surface area contributed by atoms with Gasteiger partial charge in [0.25, 0.3) is 5.91 Å². The smallest absolute Gasteiger partial charge is 0.257 e. The second kappa shape index (κ2) is 10.8. The molecule has 0 atom stereocenters. The van der Waals surface area contributed by atoms with Crippen LogP contribution in [0, 0.1) is 13.8 Å². The Bertz CT molecular complexity index is 1040. The highest BCUT2D eigenvalue weighted by Gasteiger charge is 2.24. The fraction of sp³-hybridized carbons (Fsp3) is 0.458. The van der Waals surface area contributed by atoms with Gasteiger partial charge in [0.15, 0.2) is 0 Å². The number of hydrogen-bond acceptors (Lipinski definition) is 5. The van der Waals surface area contributed by atoms with E-state index < -0.39 is 10.0 Å². The van der Waals surface area contributed by atoms with Gasteiger partial charge in [0.05, 0.1) is 17.6 Å². The summed E-state index contributed by atoms with van der Waals surface area (Å²) < 4.78 is 39.3. The quantitative estimate of drug-likeness (QED) is 0.608. The van der Waals surface area contributed by atoms with Crippen molar-refractivity contribution in [3.63, 3.8) is 0 Å². The minimum Gasteiger partial charge on any atom is -0.496 e. The molecule has 3 rings (SSSR count). The summed E-state index contributed by atoms with van der Waals surface area (Å²) in [6.45, 7) is 5.57. The average Bonchev–Trinajstić information content (AvgIpc) is 3.07. The van der Waals surface area contributed by atoms with Crippen molar-refractivity contribution in [2.75, 3.05) is 33.4 Å². The number of benzene rings is 2. The first-order valence-corrected chi connectivity index (χ1v) is 12.5. The molecule has 0 bridgehead atoms. The summed E-state index contributed by atoms with van der Waals surface area (Å²) >= 11 is 0. The number of ether oxygens (including phenoxy) is 2. The van der Waals surface area contributed by atoms with Gasteiger partial charge in [0.1, 0.15) is 18.1 Å². The molecule has 0 radical (unpaired) electrons. The second-order valence-corrected chi connectivity index (χ2v) is 9.85. The van der Waals surface area contributed by atoms with Gasteiger partial charge in [-0.25, -0.2) is 13.1 Å². The van der Waals surface area contributed by atoms with E-state index in [9.17, 15) is 13.2 Å². The Hall–Kier alpha value is -2.58. The molecule has 0 aromatic heterocycles. The predicted octanol–water partition coefficient (Wildman–Crippen LogP) is 3.69. The molecule has 0 aliphatic carbocycles. The number of hydrogen-bond donors (Lipinski definition) is 1. The molecule has 1 N–H and O–H groups in total. The molecule has 174 valence electrons. The van der Waals surface area contributed by atoms with E-state index in [1.54, 1.807) is 4.90 Å². The summed E-state index contributed by atoms with van der Waals surface area (Å²) in [4.78, 5) is 14.9. The van der Waals surface area contributed by atoms with Crippen LogP contribution in [0.1, 0.15) is 47.2 Å². The molecule has 2 aromatic rings. The van der Waals surface area contributed by atoms with Gasteiger partial charge >= 0.3 is 0 Å². The van der Waals surface area contributed by atoms with Crippen LogP contribution in [0.5, 0.6) is 11.5 Å². The zero-order chi connectivity index (χ0) is 23.1. The zero-order valence-electron chi connectivity index (χ0n) is 19.0. The van der Waals surface area contributed by atoms with E-state index in [-0.39, 0.29) is 29.5 Å². The van der Waals surface area contributed by atoms with Crippen LogP contribution >= 0.6 is 0 Å². The summed E-state index contributed by atoms with van der Waals surface area (Å²) in [5.41, 5.74) is 2.33. The monoisotopic (exact) mass is 460 g/mol. The van der Waals surface area contributed by atoms with Crippen LogP contribution in [0.25, 0.3) is 0 Å². The van der Waals surface area contributed by atoms with Crippen molar-refractivity contribution in [1.82, 2.24) is 9.62 Å². The van der Waals surface area contributed by atoms with E-state index in [2.05, 4.69) is 4.72 Å². The third-order valence-corrected chi connectivity index (χ3v) is 7.06. The minimum absolute atomic E-state index is 0.0307. The van der Waals surface area contributed by atoms with Gasteiger partial charge < -0.3 is 14.4 Å². The van der Waals surface area contributed by atoms with Crippen molar-refractivity contribution in [3.05, 3.63) is 53.1 Å². The highest BCUT2D eigenvalue weighted by molar-refractivity contribution is 7.89. The Balaban J connectivity index is 1.69. The highest BCUT2D eigenvalue weighted by atomic mass is 32.2. The number of amides is 1. The van der Waals surface area contributed by atoms with Gasteiger partial charge in [0.2, 0.25) is 10.0 Å². The van der Waals surface area contributed by atoms with E-state index in [1.807, 2.05) is 32.0 Å². The van der Waals surface area contributed by atoms with Gasteiger partial charge in [-0.2, -0.15) is 0 Å². The lowest BCUT2D eigenvalue weighted by Gasteiger charge is -2.22. The molecular weight excluding hydrogens is 428 g/mol. The van der Waals surface area contributed by atoms with Crippen LogP contribution in [0.2, 0.25) is 0 Å². The number of nitrogens with zero attached hydrogens (tertiary/aromatic N) is 1. The number of aryl methyl sites for hydroxylation is 2. The fourth-order valence-electron chi connectivity index (χ4n) is 3.75. The first-order chi connectivity index (χ1) is 15.3. The third kappa shape index (κ3) is 6.01. The Kier molecular flexibility index (Phi) is 8.15. The number of sulfonamides is 1. The van der Waals surface area contributed by atoms with Gasteiger partial charge in [0, 0.05) is 19.6 Å². The molecule has 0 saturated carbocycles. The number of carbonyl (C=O) groups is 1. The van der Waals surface area contributed by atoms with Crippen molar-refractivity contribution in [2.24, 2.45) is 0 Å². The lowest BCUT2D eigenvalue weighted by molar-refractivity contribution is 0.0758. The lowest BCUT2D eigenvalue weighted by Crippen LogP contribution is -2.32. The van der Waals surface area contributed by atoms with E-state index in [0.717, 1.165) is 42.6 Å². The minimum atomic E-state index is -3.81. The average molecular weight is 461 g/mol. The first kappa shape index (κ1) is 24.1. The van der Waals surface area contributed by atoms with Crippen LogP contribution in [-0.4, -0.2) is 52.6 Å². The van der Waals surface area contributed by atoms with E-state index in [4.69, 9.17) is 9.47 Å². The molecule has 1 amide bonds. The van der Waals surface area contributed by atoms with Gasteiger partial charge in [-0.3, -0.25) is 4.79 Å². The summed E-state index contributed by atoms with van der Waals surface area (Å²) in [5, 5.41) is 0. The molecule has 32 heavy (non-hydrogen) atoms. The molecule has 0 spiro atoms. The zero-order valence-corrected chi connectivity index (χ0v) is 19.8. The third-order valence-electron chi connectivity index (χ3n) is 5.60. The molecule has 1 aliphatic rings. The number of rotatable bonds is 8. The largest absolute Gasteiger partial charge is 0.496 e. The molecule has 1 aliphatic heterocycles. The maximum Gasteiger partial charge on any atom is 0.257 e. The molecule has 2 aromatic carbocycles. The Morgan fingerprint density at radius 2 is 1.72 bits per heavy atom. The van der Waals surface area contributed by atoms with E-state index in [0.29, 0.717) is 18.8 Å². The number of methoxy groups -OCH3 is 1. The standard InChI is InChI=1S/C24H32N2O5S/c1-18-8-9-19(2)23(16-18)31-15-12-25-32(28,29)20-10-11-22(30-3)21(17-20)24(27)26-13-6-4-5-7-14-26/h8-11,16-17,25H,4-7,12-15H2,1-3H3. The SMILES string of the molecule is COc1ccc(S(=O)(=O)NCCOc2cc(C)ccc2C)cc1C(=O)N1CCCCCC1. The fourth-order valence-corrected chi connectivity index (χ4v) is 4.79. The summed E-state index contributed by atoms with van der Waals surface area (Å²) in [5.74, 6) is 0.912. The summed E-state index contributed by atoms with van der Waals surface area (Å²) in [7, 11) is -2.33. The van der Waals surface area contributed by atoms with Crippen LogP contribution in [0.3, 0.4) is 0 Å². The van der Waals surface area contributed by atoms with Crippen LogP contribution in [0.15, 0.2) is 41.3 Å². The predicted molar refractivity (Wildman–Crippen MR) is 124 cm³/mol. The maximum absolute atomic E-state index is 13.1. The van der Waals surface area contributed by atoms with E-state index in [1.165, 1.54) is 25.3 Å². The normalized spacial score (nSPS) is 14.7. The number of carbonyl (C=O) groups excluding carboxylic acids is 1. The van der Waals surface area contributed by atoms with Crippen molar-refractivity contribution < 1.29 is 22.7 Å². The molecule has 7 nitrogen and oxygen atoms in total. The summed E-state index contributed by atoms with van der Waals surface area (Å²) in [6, 6.07) is 10.3. The number of nitrogens with one attached hydrogen (secondary N) is 1. The molecule has 8 heteroatoms. The topological polar surface area (TPSA) is 84.9 Å². The number of likely N-dealkylation sites (tertiary alicyclic amines) is 1. The Morgan fingerprint density at radius 1 is 1.00 bits per heavy atom. The molecule has 0 unspecified atom stereocenters. The van der Waals surface area contributed by atoms with Crippen molar-refractivity contribution >= 4 is 15.9 Å². The van der Waals surface area contributed by atoms with Gasteiger partial charge in [-0.1, -0.05) is 25.0 Å². The van der Waals surface area contributed by atoms with Crippen LogP contribution in [-0.2, 0) is 10.0 Å². The van der Waals surface area contributed by atoms with Gasteiger partial charge in [-0.05, 0) is 62.1 Å². The van der Waals surface area contributed by atoms with Crippen LogP contribution in [0.4, 0.5) is 0 Å². The van der Waals surface area contributed by atoms with Crippen molar-refractivity contribution in [2.45, 2.75) is 44.4 Å². The first-order valence-electron chi connectivity index (χ1n) is 11.0. The highest BCUT2D eigenvalue weighted by Crippen LogP contribution is 2.25. The van der Waals surface area contributed by atoms with Crippen molar-refractivity contribution in [3.8, 4) is 11.5 Å². The molecule has 1 heterocycles. The second-order valence-electron chi connectivity index (χ2n) is 8.08. The van der Waals surface area contributed by atoms with Crippen LogP contribution < -0.4 is 14.2 Å². The maximum atomic E-state index is 13.1. The van der Waals surface area contributed by atoms with Gasteiger partial charge in [-0.15, -0.1) is 0 Å². The van der Waals surface area contributed by atoms with E-state index >= 15 is 0 Å².